The minimum atomic E-state index is -2.77. The van der Waals surface area contributed by atoms with Crippen LogP contribution in [0.2, 0.25) is 5.02 Å². The van der Waals surface area contributed by atoms with Crippen LogP contribution in [0.1, 0.15) is 12.8 Å². The molecule has 2 heterocycles. The third-order valence-electron chi connectivity index (χ3n) is 6.12. The molecule has 0 saturated carbocycles. The maximum Gasteiger partial charge on any atom is 0.229 e. The van der Waals surface area contributed by atoms with Crippen molar-refractivity contribution in [3.05, 3.63) is 53.4 Å². The molecule has 36 heavy (non-hydrogen) atoms. The summed E-state index contributed by atoms with van der Waals surface area (Å²) >= 11 is 6.33. The van der Waals surface area contributed by atoms with Gasteiger partial charge in [0.25, 0.3) is 0 Å². The van der Waals surface area contributed by atoms with Crippen molar-refractivity contribution in [3.63, 3.8) is 0 Å². The van der Waals surface area contributed by atoms with Crippen LogP contribution in [0.4, 0.5) is 33.2 Å². The second-order valence-electron chi connectivity index (χ2n) is 8.91. The first-order chi connectivity index (χ1) is 17.2. The first kappa shape index (κ1) is 26.2. The normalized spacial score (nSPS) is 14.6. The summed E-state index contributed by atoms with van der Waals surface area (Å²) in [7, 11) is 0.596. The number of rotatable bonds is 8. The van der Waals surface area contributed by atoms with Crippen LogP contribution in [0.3, 0.4) is 0 Å². The monoisotopic (exact) mass is 533 g/mol. The summed E-state index contributed by atoms with van der Waals surface area (Å²) in [5.74, 6) is 0.540. The Morgan fingerprint density at radius 1 is 1.11 bits per heavy atom. The number of nitrogens with one attached hydrogen (secondary N) is 2. The molecule has 4 rings (SSSR count). The van der Waals surface area contributed by atoms with Gasteiger partial charge in [-0.3, -0.25) is 0 Å². The lowest BCUT2D eigenvalue weighted by Crippen LogP contribution is -2.36. The van der Waals surface area contributed by atoms with E-state index in [4.69, 9.17) is 21.1 Å². The Kier molecular flexibility index (Phi) is 8.03. The van der Waals surface area contributed by atoms with Gasteiger partial charge in [0.05, 0.1) is 36.5 Å². The molecule has 0 atom stereocenters. The summed E-state index contributed by atoms with van der Waals surface area (Å²) in [6.07, 6.45) is 3.56. The fourth-order valence-corrected chi connectivity index (χ4v) is 5.54. The number of ether oxygens (including phenoxy) is 2. The van der Waals surface area contributed by atoms with Gasteiger partial charge in [-0.1, -0.05) is 23.7 Å². The second kappa shape index (κ2) is 11.0. The fraction of sp³-hybridized carbons (Fsp3) is 0.360. The molecular formula is C25H30ClFN5O3P. The predicted octanol–water partition coefficient (Wildman–Crippen LogP) is 5.63. The highest BCUT2D eigenvalue weighted by atomic mass is 35.5. The van der Waals surface area contributed by atoms with Crippen LogP contribution in [0.25, 0.3) is 0 Å². The van der Waals surface area contributed by atoms with Crippen molar-refractivity contribution in [1.29, 1.82) is 0 Å². The molecule has 0 bridgehead atoms. The predicted molar refractivity (Wildman–Crippen MR) is 144 cm³/mol. The molecule has 2 aromatic carbocycles. The van der Waals surface area contributed by atoms with E-state index >= 15 is 0 Å². The van der Waals surface area contributed by atoms with Gasteiger partial charge in [0.2, 0.25) is 5.95 Å². The maximum absolute atomic E-state index is 14.7. The molecule has 192 valence electrons. The number of para-hydroxylation sites is 2. The minimum absolute atomic E-state index is 0.0800. The van der Waals surface area contributed by atoms with Crippen LogP contribution in [-0.2, 0) is 9.30 Å². The van der Waals surface area contributed by atoms with E-state index in [1.165, 1.54) is 18.3 Å². The highest BCUT2D eigenvalue weighted by Gasteiger charge is 2.23. The second-order valence-corrected chi connectivity index (χ2v) is 12.5. The summed E-state index contributed by atoms with van der Waals surface area (Å²) in [5, 5.41) is 6.68. The van der Waals surface area contributed by atoms with Crippen molar-refractivity contribution in [2.24, 2.45) is 0 Å². The van der Waals surface area contributed by atoms with Crippen molar-refractivity contribution >= 4 is 52.9 Å². The summed E-state index contributed by atoms with van der Waals surface area (Å²) in [6.45, 7) is 4.87. The Morgan fingerprint density at radius 3 is 2.50 bits per heavy atom. The largest absolute Gasteiger partial charge is 0.492 e. The summed E-state index contributed by atoms with van der Waals surface area (Å²) in [4.78, 5) is 11.0. The minimum Gasteiger partial charge on any atom is -0.492 e. The molecule has 0 unspecified atom stereocenters. The van der Waals surface area contributed by atoms with Crippen LogP contribution in [-0.4, -0.2) is 56.7 Å². The van der Waals surface area contributed by atoms with Gasteiger partial charge in [-0.2, -0.15) is 4.98 Å². The maximum atomic E-state index is 14.7. The number of hydrogen-bond acceptors (Lipinski definition) is 8. The topological polar surface area (TPSA) is 88.6 Å². The lowest BCUT2D eigenvalue weighted by atomic mass is 10.1. The number of benzene rings is 2. The smallest absolute Gasteiger partial charge is 0.229 e. The van der Waals surface area contributed by atoms with E-state index in [9.17, 15) is 8.96 Å². The van der Waals surface area contributed by atoms with Crippen LogP contribution < -0.4 is 25.6 Å². The van der Waals surface area contributed by atoms with Crippen molar-refractivity contribution in [2.45, 2.75) is 18.9 Å². The Bertz CT molecular complexity index is 1280. The standard InChI is InChI=1S/C25H30ClFN5O3P/c1-34-16-11-13-32(14-12-16)20-9-6-8-19(23(20)35-2)29-25-28-15-17(26)24(31-25)30-22-18(27)7-5-10-21(22)36(3,4)33/h5-10,15-16H,11-14H2,1-4H3,(H2,28,29,30,31). The van der Waals surface area contributed by atoms with E-state index in [1.54, 1.807) is 33.6 Å². The molecule has 3 aromatic rings. The lowest BCUT2D eigenvalue weighted by molar-refractivity contribution is 0.0818. The zero-order valence-electron chi connectivity index (χ0n) is 20.7. The fourth-order valence-electron chi connectivity index (χ4n) is 4.26. The van der Waals surface area contributed by atoms with Crippen molar-refractivity contribution in [3.8, 4) is 5.75 Å². The molecule has 1 fully saturated rings. The molecule has 11 heteroatoms. The van der Waals surface area contributed by atoms with Crippen molar-refractivity contribution < 1.29 is 18.4 Å². The molecule has 1 aromatic heterocycles. The van der Waals surface area contributed by atoms with E-state index in [0.29, 0.717) is 16.7 Å². The summed E-state index contributed by atoms with van der Waals surface area (Å²) < 4.78 is 38.7. The number of hydrogen-bond donors (Lipinski definition) is 2. The quantitative estimate of drug-likeness (QED) is 0.360. The molecule has 1 aliphatic rings. The number of nitrogens with zero attached hydrogens (tertiary/aromatic N) is 3. The molecular weight excluding hydrogens is 504 g/mol. The zero-order chi connectivity index (χ0) is 25.9. The van der Waals surface area contributed by atoms with Crippen molar-refractivity contribution in [2.75, 3.05) is 56.2 Å². The summed E-state index contributed by atoms with van der Waals surface area (Å²) in [5.41, 5.74) is 1.72. The molecule has 1 aliphatic heterocycles. The zero-order valence-corrected chi connectivity index (χ0v) is 22.4. The van der Waals surface area contributed by atoms with Crippen molar-refractivity contribution in [1.82, 2.24) is 9.97 Å². The van der Waals surface area contributed by atoms with Crippen LogP contribution >= 0.6 is 18.7 Å². The van der Waals surface area contributed by atoms with Gasteiger partial charge >= 0.3 is 0 Å². The first-order valence-corrected chi connectivity index (χ1v) is 14.5. The van der Waals surface area contributed by atoms with Gasteiger partial charge in [0.1, 0.15) is 18.0 Å². The van der Waals surface area contributed by atoms with Gasteiger partial charge in [0.15, 0.2) is 11.6 Å². The molecule has 0 spiro atoms. The van der Waals surface area contributed by atoms with E-state index < -0.39 is 13.0 Å². The Morgan fingerprint density at radius 2 is 1.83 bits per heavy atom. The first-order valence-electron chi connectivity index (χ1n) is 11.6. The number of piperidine rings is 1. The number of halogens is 2. The Balaban J connectivity index is 1.62. The molecule has 8 nitrogen and oxygen atoms in total. The van der Waals surface area contributed by atoms with E-state index in [1.807, 2.05) is 18.2 Å². The van der Waals surface area contributed by atoms with Gasteiger partial charge in [-0.05, 0) is 50.4 Å². The van der Waals surface area contributed by atoms with Crippen LogP contribution in [0, 0.1) is 5.82 Å². The Hall–Kier alpha value is -2.87. The molecule has 0 aliphatic carbocycles. The van der Waals surface area contributed by atoms with Crippen LogP contribution in [0.15, 0.2) is 42.6 Å². The SMILES string of the molecule is COc1c(Nc2ncc(Cl)c(Nc3c(F)cccc3P(C)(C)=O)n2)cccc1N1CCC(OC)CC1. The lowest BCUT2D eigenvalue weighted by Gasteiger charge is -2.34. The third kappa shape index (κ3) is 5.75. The molecule has 2 N–H and O–H groups in total. The molecule has 0 amide bonds. The molecule has 1 saturated heterocycles. The van der Waals surface area contributed by atoms with E-state index in [2.05, 4.69) is 25.5 Å². The van der Waals surface area contributed by atoms with Gasteiger partial charge in [-0.15, -0.1) is 0 Å². The summed E-state index contributed by atoms with van der Waals surface area (Å²) in [6, 6.07) is 10.3. The average molecular weight is 534 g/mol. The van der Waals surface area contributed by atoms with E-state index in [0.717, 1.165) is 31.6 Å². The van der Waals surface area contributed by atoms with Gasteiger partial charge < -0.3 is 29.6 Å². The van der Waals surface area contributed by atoms with Gasteiger partial charge in [-0.25, -0.2) is 9.37 Å². The average Bonchev–Trinajstić information content (AvgIpc) is 2.86. The number of methoxy groups -OCH3 is 2. The Labute approximate surface area is 215 Å². The molecule has 0 radical (unpaired) electrons. The highest BCUT2D eigenvalue weighted by Crippen LogP contribution is 2.40. The van der Waals surface area contributed by atoms with Crippen LogP contribution in [0.5, 0.6) is 5.75 Å². The number of anilines is 5. The van der Waals surface area contributed by atoms with Gasteiger partial charge in [0, 0.05) is 25.5 Å². The highest BCUT2D eigenvalue weighted by molar-refractivity contribution is 7.70. The third-order valence-corrected chi connectivity index (χ3v) is 7.93. The number of aromatic nitrogens is 2. The van der Waals surface area contributed by atoms with E-state index in [-0.39, 0.29) is 28.6 Å².